The van der Waals surface area contributed by atoms with Crippen molar-refractivity contribution in [3.63, 3.8) is 0 Å². The average Bonchev–Trinajstić information content (AvgIpc) is 3.04. The Morgan fingerprint density at radius 3 is 2.73 bits per heavy atom. The van der Waals surface area contributed by atoms with E-state index in [1.807, 2.05) is 31.2 Å². The first-order valence-corrected chi connectivity index (χ1v) is 9.81. The van der Waals surface area contributed by atoms with Crippen LogP contribution in [0.1, 0.15) is 45.8 Å². The molecule has 0 unspecified atom stereocenters. The molecule has 4 rings (SSSR count). The molecule has 2 aromatic rings. The Labute approximate surface area is 156 Å². The third-order valence-corrected chi connectivity index (χ3v) is 6.16. The third-order valence-electron chi connectivity index (χ3n) is 5.16. The zero-order valence-electron chi connectivity index (χ0n) is 14.8. The van der Waals surface area contributed by atoms with Gasteiger partial charge in [0.05, 0.1) is 11.4 Å². The summed E-state index contributed by atoms with van der Waals surface area (Å²) in [7, 11) is 0. The van der Waals surface area contributed by atoms with Crippen molar-refractivity contribution in [2.45, 2.75) is 44.6 Å². The molecule has 0 radical (unpaired) electrons. The molecule has 136 valence electrons. The van der Waals surface area contributed by atoms with Crippen LogP contribution in [0.4, 0.5) is 5.69 Å². The fraction of sp³-hybridized carbons (Fsp3) is 0.400. The Kier molecular flexibility index (Phi) is 4.44. The summed E-state index contributed by atoms with van der Waals surface area (Å²) in [4.78, 5) is 25.8. The van der Waals surface area contributed by atoms with Crippen LogP contribution in [0.3, 0.4) is 0 Å². The lowest BCUT2D eigenvalue weighted by atomic mass is 9.74. The Balaban J connectivity index is 1.32. The predicted octanol–water partition coefficient (Wildman–Crippen LogP) is 3.67. The largest absolute Gasteiger partial charge is 0.487 e. The first-order valence-electron chi connectivity index (χ1n) is 8.99. The molecule has 1 aliphatic carbocycles. The number of benzene rings is 1. The van der Waals surface area contributed by atoms with E-state index in [9.17, 15) is 9.59 Å². The molecular formula is C20H22N2O3S. The molecule has 0 saturated heterocycles. The predicted molar refractivity (Wildman–Crippen MR) is 102 cm³/mol. The number of hydrogen-bond donors (Lipinski definition) is 2. The van der Waals surface area contributed by atoms with Crippen LogP contribution in [-0.4, -0.2) is 24.0 Å². The third kappa shape index (κ3) is 3.46. The highest BCUT2D eigenvalue weighted by Gasteiger charge is 2.41. The summed E-state index contributed by atoms with van der Waals surface area (Å²) in [6.07, 6.45) is 5.57. The van der Waals surface area contributed by atoms with Crippen LogP contribution >= 0.6 is 11.3 Å². The van der Waals surface area contributed by atoms with Crippen molar-refractivity contribution in [2.75, 3.05) is 11.9 Å². The molecule has 1 saturated carbocycles. The Hall–Kier alpha value is -2.34. The Bertz CT molecular complexity index is 854. The van der Waals surface area contributed by atoms with E-state index in [-0.39, 0.29) is 24.0 Å². The van der Waals surface area contributed by atoms with Gasteiger partial charge in [-0.1, -0.05) is 0 Å². The van der Waals surface area contributed by atoms with Crippen molar-refractivity contribution in [3.05, 3.63) is 45.6 Å². The van der Waals surface area contributed by atoms with Gasteiger partial charge in [-0.15, -0.1) is 11.3 Å². The topological polar surface area (TPSA) is 67.4 Å². The molecule has 0 atom stereocenters. The maximum Gasteiger partial charge on any atom is 0.261 e. The van der Waals surface area contributed by atoms with E-state index in [0.717, 1.165) is 47.6 Å². The first kappa shape index (κ1) is 17.1. The quantitative estimate of drug-likeness (QED) is 0.863. The zero-order valence-corrected chi connectivity index (χ0v) is 15.6. The zero-order chi connectivity index (χ0) is 18.1. The molecule has 2 aliphatic rings. The van der Waals surface area contributed by atoms with E-state index in [4.69, 9.17) is 4.74 Å². The SMILES string of the molecule is Cc1ccc(C(=O)NCC(=O)Nc2ccc3c(c2)CCC2(CCC2)O3)s1. The maximum atomic E-state index is 12.1. The summed E-state index contributed by atoms with van der Waals surface area (Å²) in [5.41, 5.74) is 1.95. The van der Waals surface area contributed by atoms with Crippen molar-refractivity contribution < 1.29 is 14.3 Å². The minimum atomic E-state index is -0.237. The van der Waals surface area contributed by atoms with Crippen LogP contribution in [0.2, 0.25) is 0 Å². The van der Waals surface area contributed by atoms with Gasteiger partial charge in [-0.05, 0) is 74.9 Å². The van der Waals surface area contributed by atoms with Crippen LogP contribution in [0.15, 0.2) is 30.3 Å². The van der Waals surface area contributed by atoms with Crippen LogP contribution in [0.5, 0.6) is 5.75 Å². The van der Waals surface area contributed by atoms with Crippen molar-refractivity contribution >= 4 is 28.8 Å². The highest BCUT2D eigenvalue weighted by Crippen LogP contribution is 2.45. The van der Waals surface area contributed by atoms with E-state index in [1.165, 1.54) is 17.8 Å². The molecule has 0 bridgehead atoms. The monoisotopic (exact) mass is 370 g/mol. The fourth-order valence-electron chi connectivity index (χ4n) is 3.53. The number of rotatable bonds is 4. The second-order valence-corrected chi connectivity index (χ2v) is 8.39. The number of ether oxygens (including phenoxy) is 1. The van der Waals surface area contributed by atoms with E-state index < -0.39 is 0 Å². The fourth-order valence-corrected chi connectivity index (χ4v) is 4.32. The number of aryl methyl sites for hydroxylation is 2. The number of fused-ring (bicyclic) bond motifs is 1. The normalized spacial score (nSPS) is 17.0. The average molecular weight is 370 g/mol. The van der Waals surface area contributed by atoms with Gasteiger partial charge in [-0.3, -0.25) is 9.59 Å². The number of hydrogen-bond acceptors (Lipinski definition) is 4. The molecule has 26 heavy (non-hydrogen) atoms. The smallest absolute Gasteiger partial charge is 0.261 e. The molecule has 1 spiro atoms. The summed E-state index contributed by atoms with van der Waals surface area (Å²) in [6.45, 7) is 1.90. The van der Waals surface area contributed by atoms with Gasteiger partial charge < -0.3 is 15.4 Å². The van der Waals surface area contributed by atoms with Gasteiger partial charge in [-0.25, -0.2) is 0 Å². The number of nitrogens with one attached hydrogen (secondary N) is 2. The number of amides is 2. The summed E-state index contributed by atoms with van der Waals surface area (Å²) < 4.78 is 6.18. The van der Waals surface area contributed by atoms with Gasteiger partial charge in [0.2, 0.25) is 5.91 Å². The lowest BCUT2D eigenvalue weighted by molar-refractivity contribution is -0.115. The lowest BCUT2D eigenvalue weighted by Gasteiger charge is -2.45. The summed E-state index contributed by atoms with van der Waals surface area (Å²) in [5, 5.41) is 5.50. The van der Waals surface area contributed by atoms with E-state index in [1.54, 1.807) is 6.07 Å². The summed E-state index contributed by atoms with van der Waals surface area (Å²) >= 11 is 1.42. The van der Waals surface area contributed by atoms with Gasteiger partial charge in [0.1, 0.15) is 11.4 Å². The molecule has 1 fully saturated rings. The van der Waals surface area contributed by atoms with Crippen molar-refractivity contribution in [1.29, 1.82) is 0 Å². The van der Waals surface area contributed by atoms with Crippen LogP contribution in [-0.2, 0) is 11.2 Å². The van der Waals surface area contributed by atoms with Gasteiger partial charge in [0.15, 0.2) is 0 Å². The maximum absolute atomic E-state index is 12.1. The van der Waals surface area contributed by atoms with Gasteiger partial charge in [0, 0.05) is 10.6 Å². The molecule has 6 heteroatoms. The van der Waals surface area contributed by atoms with Crippen LogP contribution in [0.25, 0.3) is 0 Å². The van der Waals surface area contributed by atoms with Crippen molar-refractivity contribution in [3.8, 4) is 5.75 Å². The molecule has 2 heterocycles. The van der Waals surface area contributed by atoms with Crippen LogP contribution < -0.4 is 15.4 Å². The number of anilines is 1. The Morgan fingerprint density at radius 2 is 2.04 bits per heavy atom. The van der Waals surface area contributed by atoms with Crippen LogP contribution in [0, 0.1) is 6.92 Å². The van der Waals surface area contributed by atoms with Gasteiger partial charge in [0.25, 0.3) is 5.91 Å². The minimum absolute atomic E-state index is 0.0491. The van der Waals surface area contributed by atoms with Gasteiger partial charge in [-0.2, -0.15) is 0 Å². The Morgan fingerprint density at radius 1 is 1.19 bits per heavy atom. The summed E-state index contributed by atoms with van der Waals surface area (Å²) in [5.74, 6) is 0.483. The molecule has 1 aromatic heterocycles. The molecule has 5 nitrogen and oxygen atoms in total. The molecule has 2 N–H and O–H groups in total. The second-order valence-electron chi connectivity index (χ2n) is 7.10. The van der Waals surface area contributed by atoms with E-state index in [2.05, 4.69) is 10.6 Å². The van der Waals surface area contributed by atoms with E-state index in [0.29, 0.717) is 4.88 Å². The number of carbonyl (C=O) groups is 2. The van der Waals surface area contributed by atoms with Gasteiger partial charge >= 0.3 is 0 Å². The standard InChI is InChI=1S/C20H22N2O3S/c1-13-3-6-17(26-13)19(24)21-12-18(23)22-15-4-5-16-14(11-15)7-10-20(25-16)8-2-9-20/h3-6,11H,2,7-10,12H2,1H3,(H,21,24)(H,22,23). The van der Waals surface area contributed by atoms with Crippen molar-refractivity contribution in [1.82, 2.24) is 5.32 Å². The highest BCUT2D eigenvalue weighted by molar-refractivity contribution is 7.13. The first-order chi connectivity index (χ1) is 12.5. The molecule has 1 aromatic carbocycles. The summed E-state index contributed by atoms with van der Waals surface area (Å²) in [6, 6.07) is 9.44. The minimum Gasteiger partial charge on any atom is -0.487 e. The second kappa shape index (κ2) is 6.76. The number of carbonyl (C=O) groups excluding carboxylic acids is 2. The molecule has 2 amide bonds. The number of thiophene rings is 1. The molecule has 1 aliphatic heterocycles. The van der Waals surface area contributed by atoms with E-state index >= 15 is 0 Å². The highest BCUT2D eigenvalue weighted by atomic mass is 32.1. The lowest BCUT2D eigenvalue weighted by Crippen LogP contribution is -2.45. The van der Waals surface area contributed by atoms with Crippen molar-refractivity contribution in [2.24, 2.45) is 0 Å². The molecular weight excluding hydrogens is 348 g/mol.